The van der Waals surface area contributed by atoms with E-state index in [0.29, 0.717) is 19.1 Å². The van der Waals surface area contributed by atoms with Crippen LogP contribution in [0.25, 0.3) is 0 Å². The Labute approximate surface area is 162 Å². The molecular formula is C19H31ClN2O2S. The van der Waals surface area contributed by atoms with Crippen molar-refractivity contribution >= 4 is 35.8 Å². The minimum absolute atomic E-state index is 0. The van der Waals surface area contributed by atoms with Crippen LogP contribution in [0.1, 0.15) is 44.6 Å². The maximum atomic E-state index is 12.1. The summed E-state index contributed by atoms with van der Waals surface area (Å²) in [5.74, 6) is 1.53. The molecule has 25 heavy (non-hydrogen) atoms. The van der Waals surface area contributed by atoms with E-state index in [2.05, 4.69) is 12.2 Å². The van der Waals surface area contributed by atoms with Crippen LogP contribution in [0, 0.1) is 5.92 Å². The molecule has 0 spiro atoms. The average molecular weight is 387 g/mol. The molecule has 6 heteroatoms. The van der Waals surface area contributed by atoms with E-state index in [1.54, 1.807) is 11.8 Å². The zero-order valence-electron chi connectivity index (χ0n) is 15.2. The minimum Gasteiger partial charge on any atom is -0.374 e. The number of amides is 1. The minimum atomic E-state index is -0.457. The molecule has 1 aromatic rings. The van der Waals surface area contributed by atoms with Crippen molar-refractivity contribution in [1.29, 1.82) is 0 Å². The first-order valence-electron chi connectivity index (χ1n) is 8.84. The van der Waals surface area contributed by atoms with E-state index in [0.717, 1.165) is 35.8 Å². The van der Waals surface area contributed by atoms with Gasteiger partial charge in [0.25, 0.3) is 0 Å². The highest BCUT2D eigenvalue weighted by atomic mass is 35.5. The summed E-state index contributed by atoms with van der Waals surface area (Å²) in [6.45, 7) is 2.89. The summed E-state index contributed by atoms with van der Waals surface area (Å²) in [6, 6.07) is 7.40. The van der Waals surface area contributed by atoms with Crippen molar-refractivity contribution in [1.82, 2.24) is 0 Å². The molecule has 0 saturated heterocycles. The normalized spacial score (nSPS) is 21.2. The van der Waals surface area contributed by atoms with Gasteiger partial charge in [-0.2, -0.15) is 11.8 Å². The lowest BCUT2D eigenvalue weighted by Gasteiger charge is -2.26. The molecule has 4 nitrogen and oxygen atoms in total. The predicted molar refractivity (Wildman–Crippen MR) is 110 cm³/mol. The third-order valence-electron chi connectivity index (χ3n) is 4.54. The third-order valence-corrected chi connectivity index (χ3v) is 5.18. The number of thioether (sulfide) groups is 1. The number of nitrogens with two attached hydrogens (primary N) is 1. The fourth-order valence-electron chi connectivity index (χ4n) is 3.09. The van der Waals surface area contributed by atoms with Gasteiger partial charge in [-0.15, -0.1) is 12.4 Å². The predicted octanol–water partition coefficient (Wildman–Crippen LogP) is 4.22. The molecule has 1 amide bonds. The van der Waals surface area contributed by atoms with Gasteiger partial charge < -0.3 is 15.8 Å². The van der Waals surface area contributed by atoms with Gasteiger partial charge in [0, 0.05) is 5.69 Å². The van der Waals surface area contributed by atoms with Gasteiger partial charge in [0.2, 0.25) is 5.91 Å². The lowest BCUT2D eigenvalue weighted by Crippen LogP contribution is -2.36. The van der Waals surface area contributed by atoms with Gasteiger partial charge in [0.1, 0.15) is 0 Å². The van der Waals surface area contributed by atoms with Crippen molar-refractivity contribution < 1.29 is 9.53 Å². The van der Waals surface area contributed by atoms with Crippen molar-refractivity contribution in [2.75, 3.05) is 17.3 Å². The summed E-state index contributed by atoms with van der Waals surface area (Å²) in [4.78, 5) is 12.1. The van der Waals surface area contributed by atoms with Gasteiger partial charge in [0.15, 0.2) is 0 Å². The number of ether oxygens (including phenoxy) is 1. The summed E-state index contributed by atoms with van der Waals surface area (Å²) in [5, 5.41) is 2.91. The molecule has 1 aromatic carbocycles. The molecule has 0 heterocycles. The van der Waals surface area contributed by atoms with Crippen molar-refractivity contribution in [2.24, 2.45) is 11.7 Å². The summed E-state index contributed by atoms with van der Waals surface area (Å²) < 4.78 is 6.06. The van der Waals surface area contributed by atoms with Crippen LogP contribution in [0.15, 0.2) is 24.3 Å². The van der Waals surface area contributed by atoms with Crippen LogP contribution in [0.3, 0.4) is 0 Å². The van der Waals surface area contributed by atoms with E-state index in [9.17, 15) is 4.79 Å². The third kappa shape index (κ3) is 7.99. The topological polar surface area (TPSA) is 64.4 Å². The van der Waals surface area contributed by atoms with Crippen molar-refractivity contribution in [3.05, 3.63) is 29.8 Å². The average Bonchev–Trinajstić information content (AvgIpc) is 2.58. The second-order valence-corrected chi connectivity index (χ2v) is 7.77. The fourth-order valence-corrected chi connectivity index (χ4v) is 3.58. The number of anilines is 1. The van der Waals surface area contributed by atoms with Crippen LogP contribution in [-0.2, 0) is 16.1 Å². The Balaban J connectivity index is 0.00000312. The highest BCUT2D eigenvalue weighted by molar-refractivity contribution is 7.98. The zero-order valence-corrected chi connectivity index (χ0v) is 16.8. The van der Waals surface area contributed by atoms with Crippen molar-refractivity contribution in [3.8, 4) is 0 Å². The largest absolute Gasteiger partial charge is 0.374 e. The molecule has 0 radical (unpaired) electrons. The first kappa shape index (κ1) is 22.3. The molecule has 1 saturated carbocycles. The smallest absolute Gasteiger partial charge is 0.241 e. The summed E-state index contributed by atoms with van der Waals surface area (Å²) in [5.41, 5.74) is 7.78. The van der Waals surface area contributed by atoms with Gasteiger partial charge >= 0.3 is 0 Å². The number of hydrogen-bond acceptors (Lipinski definition) is 4. The molecule has 3 N–H and O–H groups in total. The summed E-state index contributed by atoms with van der Waals surface area (Å²) in [6.07, 6.45) is 7.96. The zero-order chi connectivity index (χ0) is 17.4. The second-order valence-electron chi connectivity index (χ2n) is 6.78. The highest BCUT2D eigenvalue weighted by Crippen LogP contribution is 2.26. The van der Waals surface area contributed by atoms with E-state index in [-0.39, 0.29) is 18.3 Å². The Morgan fingerprint density at radius 1 is 1.44 bits per heavy atom. The monoisotopic (exact) mass is 386 g/mol. The maximum absolute atomic E-state index is 12.1. The standard InChI is InChI=1S/C19H30N2O2S.ClH/c1-14-5-3-8-17(11-14)23-13-15-6-4-7-16(12-15)21-19(22)18(20)9-10-24-2;/h4,6-7,12,14,17-18H,3,5,8-11,13,20H2,1-2H3,(H,21,22);1H/t14?,17?,18-;/m0./s1. The van der Waals surface area contributed by atoms with Crippen LogP contribution >= 0.6 is 24.2 Å². The number of carbonyl (C=O) groups excluding carboxylic acids is 1. The first-order valence-corrected chi connectivity index (χ1v) is 10.2. The number of benzene rings is 1. The molecule has 2 unspecified atom stereocenters. The van der Waals surface area contributed by atoms with Gasteiger partial charge in [-0.1, -0.05) is 31.9 Å². The lowest BCUT2D eigenvalue weighted by atomic mass is 9.89. The Morgan fingerprint density at radius 2 is 2.24 bits per heavy atom. The van der Waals surface area contributed by atoms with E-state index < -0.39 is 6.04 Å². The molecular weight excluding hydrogens is 356 g/mol. The highest BCUT2D eigenvalue weighted by Gasteiger charge is 2.19. The SMILES string of the molecule is CSCC[C@H](N)C(=O)Nc1cccc(COC2CCCC(C)C2)c1.Cl. The first-order chi connectivity index (χ1) is 11.6. The molecule has 0 aromatic heterocycles. The molecule has 3 atom stereocenters. The van der Waals surface area contributed by atoms with Crippen LogP contribution in [0.4, 0.5) is 5.69 Å². The maximum Gasteiger partial charge on any atom is 0.241 e. The van der Waals surface area contributed by atoms with Crippen molar-refractivity contribution in [2.45, 2.75) is 57.8 Å². The van der Waals surface area contributed by atoms with Crippen LogP contribution in [-0.4, -0.2) is 30.1 Å². The molecule has 0 aliphatic heterocycles. The quantitative estimate of drug-likeness (QED) is 0.701. The number of nitrogens with one attached hydrogen (secondary N) is 1. The number of hydrogen-bond donors (Lipinski definition) is 2. The Bertz CT molecular complexity index is 530. The van der Waals surface area contributed by atoms with Gasteiger partial charge in [-0.25, -0.2) is 0 Å². The fraction of sp³-hybridized carbons (Fsp3) is 0.632. The second kappa shape index (κ2) is 11.8. The van der Waals surface area contributed by atoms with Crippen LogP contribution in [0.2, 0.25) is 0 Å². The van der Waals surface area contributed by atoms with Crippen LogP contribution in [0.5, 0.6) is 0 Å². The molecule has 1 fully saturated rings. The summed E-state index contributed by atoms with van der Waals surface area (Å²) in [7, 11) is 0. The Morgan fingerprint density at radius 3 is 2.96 bits per heavy atom. The molecule has 1 aliphatic rings. The van der Waals surface area contributed by atoms with E-state index in [1.807, 2.05) is 30.5 Å². The summed E-state index contributed by atoms with van der Waals surface area (Å²) >= 11 is 1.70. The molecule has 2 rings (SSSR count). The van der Waals surface area contributed by atoms with E-state index in [4.69, 9.17) is 10.5 Å². The molecule has 0 bridgehead atoms. The van der Waals surface area contributed by atoms with Gasteiger partial charge in [-0.05, 0) is 54.9 Å². The van der Waals surface area contributed by atoms with E-state index in [1.165, 1.54) is 12.8 Å². The van der Waals surface area contributed by atoms with E-state index >= 15 is 0 Å². The van der Waals surface area contributed by atoms with Gasteiger partial charge in [-0.3, -0.25) is 4.79 Å². The lowest BCUT2D eigenvalue weighted by molar-refractivity contribution is -0.117. The Kier molecular flexibility index (Phi) is 10.5. The van der Waals surface area contributed by atoms with Crippen LogP contribution < -0.4 is 11.1 Å². The number of rotatable bonds is 8. The molecule has 1 aliphatic carbocycles. The molecule has 142 valence electrons. The van der Waals surface area contributed by atoms with Crippen molar-refractivity contribution in [3.63, 3.8) is 0 Å². The number of halogens is 1. The Hall–Kier alpha value is -0.750. The number of carbonyl (C=O) groups is 1. The van der Waals surface area contributed by atoms with Gasteiger partial charge in [0.05, 0.1) is 18.8 Å².